The molecule has 2 heterocycles. The number of hydrogen-bond donors (Lipinski definition) is 1. The average molecular weight is 346 g/mol. The van der Waals surface area contributed by atoms with Gasteiger partial charge in [0, 0.05) is 11.7 Å². The second-order valence-electron chi connectivity index (χ2n) is 7.33. The summed E-state index contributed by atoms with van der Waals surface area (Å²) in [6.07, 6.45) is 2.21. The van der Waals surface area contributed by atoms with Gasteiger partial charge in [0.2, 0.25) is 11.9 Å². The van der Waals surface area contributed by atoms with Gasteiger partial charge in [-0.15, -0.1) is 0 Å². The van der Waals surface area contributed by atoms with Crippen LogP contribution >= 0.6 is 0 Å². The number of ether oxygens (including phenoxy) is 1. The fraction of sp³-hybridized carbons (Fsp3) is 0.632. The molecule has 1 amide bonds. The zero-order valence-electron chi connectivity index (χ0n) is 16.2. The Balaban J connectivity index is 2.24. The minimum absolute atomic E-state index is 0.0940. The molecule has 2 aromatic heterocycles. The summed E-state index contributed by atoms with van der Waals surface area (Å²) >= 11 is 0. The van der Waals surface area contributed by atoms with Crippen LogP contribution in [0.1, 0.15) is 65.6 Å². The highest BCUT2D eigenvalue weighted by Crippen LogP contribution is 2.27. The first-order chi connectivity index (χ1) is 11.7. The number of rotatable bonds is 7. The molecule has 0 saturated heterocycles. The molecule has 0 fully saturated rings. The Morgan fingerprint density at radius 1 is 1.24 bits per heavy atom. The second kappa shape index (κ2) is 7.95. The van der Waals surface area contributed by atoms with Gasteiger partial charge < -0.3 is 4.74 Å². The van der Waals surface area contributed by atoms with Crippen LogP contribution in [0.5, 0.6) is 0 Å². The van der Waals surface area contributed by atoms with E-state index in [2.05, 4.69) is 33.7 Å². The van der Waals surface area contributed by atoms with Crippen molar-refractivity contribution < 1.29 is 9.53 Å². The van der Waals surface area contributed by atoms with E-state index in [1.807, 2.05) is 39.8 Å². The van der Waals surface area contributed by atoms with Gasteiger partial charge in [-0.1, -0.05) is 13.8 Å². The number of imidazole rings is 1. The van der Waals surface area contributed by atoms with Crippen LogP contribution in [0.3, 0.4) is 0 Å². The van der Waals surface area contributed by atoms with Crippen molar-refractivity contribution >= 4 is 23.0 Å². The number of fused-ring (bicyclic) bond motifs is 1. The SMILES string of the molecule is CCC(CC)n1c(NC(=O)CCOC(C)(C)C)nc2ccc(C)nc21. The monoisotopic (exact) mass is 346 g/mol. The molecule has 138 valence electrons. The molecular weight excluding hydrogens is 316 g/mol. The van der Waals surface area contributed by atoms with E-state index in [4.69, 9.17) is 4.74 Å². The molecule has 0 aliphatic heterocycles. The summed E-state index contributed by atoms with van der Waals surface area (Å²) in [5.74, 6) is 0.478. The zero-order chi connectivity index (χ0) is 18.6. The van der Waals surface area contributed by atoms with Gasteiger partial charge in [-0.25, -0.2) is 9.97 Å². The van der Waals surface area contributed by atoms with Crippen LogP contribution in [-0.2, 0) is 9.53 Å². The lowest BCUT2D eigenvalue weighted by Gasteiger charge is -2.20. The number of anilines is 1. The number of amides is 1. The molecule has 2 rings (SSSR count). The maximum Gasteiger partial charge on any atom is 0.229 e. The number of pyridine rings is 1. The molecule has 0 radical (unpaired) electrons. The normalized spacial score (nSPS) is 12.1. The highest BCUT2D eigenvalue weighted by molar-refractivity contribution is 5.91. The van der Waals surface area contributed by atoms with Crippen LogP contribution in [0.2, 0.25) is 0 Å². The van der Waals surface area contributed by atoms with Gasteiger partial charge in [0.1, 0.15) is 5.52 Å². The highest BCUT2D eigenvalue weighted by Gasteiger charge is 2.20. The van der Waals surface area contributed by atoms with Crippen molar-refractivity contribution in [2.24, 2.45) is 0 Å². The van der Waals surface area contributed by atoms with Gasteiger partial charge >= 0.3 is 0 Å². The minimum atomic E-state index is -0.246. The van der Waals surface area contributed by atoms with Crippen molar-refractivity contribution in [3.63, 3.8) is 0 Å². The second-order valence-corrected chi connectivity index (χ2v) is 7.33. The molecule has 0 aliphatic carbocycles. The first-order valence-corrected chi connectivity index (χ1v) is 9.04. The van der Waals surface area contributed by atoms with E-state index < -0.39 is 0 Å². The number of nitrogens with one attached hydrogen (secondary N) is 1. The summed E-state index contributed by atoms with van der Waals surface area (Å²) in [5, 5.41) is 2.95. The number of aromatic nitrogens is 3. The lowest BCUT2D eigenvalue weighted by Crippen LogP contribution is -2.24. The van der Waals surface area contributed by atoms with Crippen molar-refractivity contribution in [2.75, 3.05) is 11.9 Å². The summed E-state index contributed by atoms with van der Waals surface area (Å²) in [6.45, 7) is 12.6. The molecule has 0 aliphatic rings. The summed E-state index contributed by atoms with van der Waals surface area (Å²) in [6, 6.07) is 4.14. The van der Waals surface area contributed by atoms with Crippen LogP contribution in [0.25, 0.3) is 11.2 Å². The van der Waals surface area contributed by atoms with Gasteiger partial charge in [-0.2, -0.15) is 0 Å². The number of hydrogen-bond acceptors (Lipinski definition) is 4. The number of carbonyl (C=O) groups is 1. The average Bonchev–Trinajstić information content (AvgIpc) is 2.85. The first kappa shape index (κ1) is 19.4. The lowest BCUT2D eigenvalue weighted by molar-refractivity contribution is -0.118. The molecule has 0 spiro atoms. The molecule has 0 atom stereocenters. The van der Waals surface area contributed by atoms with Crippen molar-refractivity contribution in [1.82, 2.24) is 14.5 Å². The van der Waals surface area contributed by atoms with Crippen LogP contribution in [0, 0.1) is 6.92 Å². The molecule has 0 unspecified atom stereocenters. The Kier molecular flexibility index (Phi) is 6.16. The Morgan fingerprint density at radius 3 is 2.52 bits per heavy atom. The molecule has 2 aromatic rings. The smallest absolute Gasteiger partial charge is 0.229 e. The number of carbonyl (C=O) groups excluding carboxylic acids is 1. The van der Waals surface area contributed by atoms with Crippen LogP contribution in [-0.4, -0.2) is 32.7 Å². The van der Waals surface area contributed by atoms with Gasteiger partial charge in [0.25, 0.3) is 0 Å². The van der Waals surface area contributed by atoms with E-state index in [0.29, 0.717) is 19.0 Å². The maximum absolute atomic E-state index is 12.3. The molecule has 1 N–H and O–H groups in total. The van der Waals surface area contributed by atoms with Crippen molar-refractivity contribution in [2.45, 2.75) is 72.4 Å². The largest absolute Gasteiger partial charge is 0.375 e. The van der Waals surface area contributed by atoms with E-state index in [1.54, 1.807) is 0 Å². The Morgan fingerprint density at radius 2 is 1.92 bits per heavy atom. The predicted octanol–water partition coefficient (Wildman–Crippen LogP) is 4.24. The van der Waals surface area contributed by atoms with Gasteiger partial charge in [0.15, 0.2) is 5.65 Å². The van der Waals surface area contributed by atoms with Gasteiger partial charge in [-0.05, 0) is 52.7 Å². The Bertz CT molecular complexity index is 727. The summed E-state index contributed by atoms with van der Waals surface area (Å²) in [7, 11) is 0. The van der Waals surface area contributed by atoms with E-state index in [0.717, 1.165) is 29.7 Å². The van der Waals surface area contributed by atoms with Crippen molar-refractivity contribution in [3.8, 4) is 0 Å². The third-order valence-electron chi connectivity index (χ3n) is 4.10. The van der Waals surface area contributed by atoms with Crippen LogP contribution in [0.4, 0.5) is 5.95 Å². The summed E-state index contributed by atoms with van der Waals surface area (Å²) < 4.78 is 7.69. The standard InChI is InChI=1S/C19H30N4O2/c1-7-14(8-2)23-17-15(10-9-13(3)20-17)21-18(23)22-16(24)11-12-25-19(4,5)6/h9-10,14H,7-8,11-12H2,1-6H3,(H,21,22,24). The molecule has 25 heavy (non-hydrogen) atoms. The van der Waals surface area contributed by atoms with Crippen molar-refractivity contribution in [3.05, 3.63) is 17.8 Å². The lowest BCUT2D eigenvalue weighted by atomic mass is 10.1. The van der Waals surface area contributed by atoms with Crippen molar-refractivity contribution in [1.29, 1.82) is 0 Å². The quantitative estimate of drug-likeness (QED) is 0.814. The predicted molar refractivity (Wildman–Crippen MR) is 101 cm³/mol. The maximum atomic E-state index is 12.3. The van der Waals surface area contributed by atoms with E-state index in [-0.39, 0.29) is 17.6 Å². The molecule has 6 nitrogen and oxygen atoms in total. The fourth-order valence-electron chi connectivity index (χ4n) is 2.79. The first-order valence-electron chi connectivity index (χ1n) is 9.04. The molecule has 0 aromatic carbocycles. The van der Waals surface area contributed by atoms with E-state index in [9.17, 15) is 4.79 Å². The topological polar surface area (TPSA) is 69.0 Å². The van der Waals surface area contributed by atoms with E-state index >= 15 is 0 Å². The molecule has 0 bridgehead atoms. The van der Waals surface area contributed by atoms with Crippen LogP contribution in [0.15, 0.2) is 12.1 Å². The molecule has 0 saturated carbocycles. The Labute approximate surface area is 150 Å². The number of nitrogens with zero attached hydrogens (tertiary/aromatic N) is 3. The third kappa shape index (κ3) is 5.01. The third-order valence-corrected chi connectivity index (χ3v) is 4.10. The zero-order valence-corrected chi connectivity index (χ0v) is 16.2. The van der Waals surface area contributed by atoms with Crippen LogP contribution < -0.4 is 5.32 Å². The number of aryl methyl sites for hydroxylation is 1. The Hall–Kier alpha value is -1.95. The highest BCUT2D eigenvalue weighted by atomic mass is 16.5. The van der Waals surface area contributed by atoms with E-state index in [1.165, 1.54) is 0 Å². The summed E-state index contributed by atoms with van der Waals surface area (Å²) in [4.78, 5) is 21.6. The fourth-order valence-corrected chi connectivity index (χ4v) is 2.79. The summed E-state index contributed by atoms with van der Waals surface area (Å²) in [5.41, 5.74) is 2.33. The van der Waals surface area contributed by atoms with Gasteiger partial charge in [-0.3, -0.25) is 14.7 Å². The minimum Gasteiger partial charge on any atom is -0.375 e. The van der Waals surface area contributed by atoms with Gasteiger partial charge in [0.05, 0.1) is 18.6 Å². The molecular formula is C19H30N4O2. The molecule has 6 heteroatoms.